The van der Waals surface area contributed by atoms with Crippen LogP contribution in [0.2, 0.25) is 0 Å². The number of hydrogen-bond donors (Lipinski definition) is 2. The minimum Gasteiger partial charge on any atom is -0.361 e. The van der Waals surface area contributed by atoms with Crippen molar-refractivity contribution in [3.63, 3.8) is 0 Å². The molecule has 1 unspecified atom stereocenters. The van der Waals surface area contributed by atoms with Crippen LogP contribution in [-0.2, 0) is 12.5 Å². The molecule has 3 aromatic rings. The number of aromatic nitrogens is 3. The lowest BCUT2D eigenvalue weighted by Crippen LogP contribution is -2.16. The number of aromatic amines is 1. The molecule has 3 N–H and O–H groups in total. The van der Waals surface area contributed by atoms with Crippen molar-refractivity contribution in [3.05, 3.63) is 53.2 Å². The van der Waals surface area contributed by atoms with Crippen LogP contribution in [0.4, 0.5) is 4.39 Å². The van der Waals surface area contributed by atoms with Crippen LogP contribution in [0.25, 0.3) is 10.9 Å². The molecule has 5 heteroatoms. The molecule has 0 aliphatic rings. The average molecular weight is 314 g/mol. The van der Waals surface area contributed by atoms with Gasteiger partial charge in [0.25, 0.3) is 0 Å². The Morgan fingerprint density at radius 3 is 2.65 bits per heavy atom. The summed E-state index contributed by atoms with van der Waals surface area (Å²) in [5, 5.41) is 5.51. The van der Waals surface area contributed by atoms with E-state index in [4.69, 9.17) is 5.73 Å². The number of aryl methyl sites for hydroxylation is 1. The summed E-state index contributed by atoms with van der Waals surface area (Å²) in [6.07, 6.45) is 1.92. The van der Waals surface area contributed by atoms with Crippen molar-refractivity contribution in [3.8, 4) is 0 Å². The highest BCUT2D eigenvalue weighted by molar-refractivity contribution is 5.84. The molecule has 0 amide bonds. The zero-order valence-corrected chi connectivity index (χ0v) is 14.0. The van der Waals surface area contributed by atoms with Gasteiger partial charge < -0.3 is 10.7 Å². The molecule has 2 aromatic heterocycles. The molecule has 0 bridgehead atoms. The highest BCUT2D eigenvalue weighted by Crippen LogP contribution is 2.32. The summed E-state index contributed by atoms with van der Waals surface area (Å²) in [6.45, 7) is 6.85. The lowest BCUT2D eigenvalue weighted by Gasteiger charge is -2.15. The summed E-state index contributed by atoms with van der Waals surface area (Å²) in [5.74, 6) is -0.270. The number of nitrogens with one attached hydrogen (secondary N) is 1. The van der Waals surface area contributed by atoms with Crippen LogP contribution in [0.3, 0.4) is 0 Å². The van der Waals surface area contributed by atoms with Crippen molar-refractivity contribution >= 4 is 10.9 Å². The Hall–Kier alpha value is -2.14. The van der Waals surface area contributed by atoms with Gasteiger partial charge in [-0.2, -0.15) is 5.10 Å². The van der Waals surface area contributed by atoms with E-state index >= 15 is 0 Å². The first-order valence-corrected chi connectivity index (χ1v) is 7.82. The average Bonchev–Trinajstić information content (AvgIpc) is 3.05. The lowest BCUT2D eigenvalue weighted by molar-refractivity contribution is 0.550. The van der Waals surface area contributed by atoms with Gasteiger partial charge in [-0.05, 0) is 29.8 Å². The number of nitrogens with two attached hydrogens (primary N) is 1. The minimum absolute atomic E-state index is 0.0263. The Morgan fingerprint density at radius 1 is 1.30 bits per heavy atom. The Kier molecular flexibility index (Phi) is 3.76. The number of fused-ring (bicyclic) bond motifs is 1. The van der Waals surface area contributed by atoms with E-state index in [1.54, 1.807) is 12.1 Å². The minimum atomic E-state index is -0.241. The summed E-state index contributed by atoms with van der Waals surface area (Å²) < 4.78 is 15.5. The third kappa shape index (κ3) is 2.77. The van der Waals surface area contributed by atoms with Gasteiger partial charge in [0.2, 0.25) is 0 Å². The molecule has 3 rings (SSSR count). The number of hydrogen-bond acceptors (Lipinski definition) is 2. The lowest BCUT2D eigenvalue weighted by atomic mass is 9.90. The summed E-state index contributed by atoms with van der Waals surface area (Å²) in [7, 11) is 1.93. The van der Waals surface area contributed by atoms with Gasteiger partial charge in [0.1, 0.15) is 5.82 Å². The number of halogens is 1. The standard InChI is InChI=1S/C18H23FN4/c1-18(2,3)17-8-16(23(4)22-17)13(9-20)14-10-21-15-6-5-11(19)7-12(14)15/h5-8,10,13,21H,9,20H2,1-4H3. The smallest absolute Gasteiger partial charge is 0.123 e. The zero-order chi connectivity index (χ0) is 16.8. The summed E-state index contributed by atoms with van der Waals surface area (Å²) in [4.78, 5) is 3.20. The SMILES string of the molecule is Cn1nc(C(C)(C)C)cc1C(CN)c1c[nH]c2ccc(F)cc12. The van der Waals surface area contributed by atoms with E-state index in [0.717, 1.165) is 27.9 Å². The number of benzene rings is 1. The molecule has 0 aliphatic carbocycles. The molecule has 0 radical (unpaired) electrons. The Bertz CT molecular complexity index is 838. The quantitative estimate of drug-likeness (QED) is 0.778. The van der Waals surface area contributed by atoms with E-state index < -0.39 is 0 Å². The van der Waals surface area contributed by atoms with E-state index in [2.05, 4.69) is 36.9 Å². The van der Waals surface area contributed by atoms with E-state index in [0.29, 0.717) is 6.54 Å². The predicted molar refractivity (Wildman–Crippen MR) is 91.1 cm³/mol. The maximum absolute atomic E-state index is 13.6. The molecule has 0 saturated carbocycles. The molecule has 0 fully saturated rings. The normalized spacial score (nSPS) is 13.7. The van der Waals surface area contributed by atoms with Crippen LogP contribution in [0.1, 0.15) is 43.6 Å². The summed E-state index contributed by atoms with van der Waals surface area (Å²) in [5.41, 5.74) is 10.0. The van der Waals surface area contributed by atoms with Crippen molar-refractivity contribution in [2.75, 3.05) is 6.54 Å². The molecule has 4 nitrogen and oxygen atoms in total. The fourth-order valence-corrected chi connectivity index (χ4v) is 2.98. The second-order valence-corrected chi connectivity index (χ2v) is 7.05. The molecule has 0 saturated heterocycles. The van der Waals surface area contributed by atoms with E-state index in [1.165, 1.54) is 6.07 Å². The van der Waals surface area contributed by atoms with Crippen molar-refractivity contribution in [2.24, 2.45) is 12.8 Å². The summed E-state index contributed by atoms with van der Waals surface area (Å²) in [6, 6.07) is 6.88. The Balaban J connectivity index is 2.12. The maximum Gasteiger partial charge on any atom is 0.123 e. The molecule has 1 aromatic carbocycles. The molecule has 23 heavy (non-hydrogen) atoms. The van der Waals surface area contributed by atoms with Crippen LogP contribution in [0.5, 0.6) is 0 Å². The van der Waals surface area contributed by atoms with Gasteiger partial charge in [0.15, 0.2) is 0 Å². The molecule has 0 aliphatic heterocycles. The molecule has 122 valence electrons. The first kappa shape index (κ1) is 15.7. The third-order valence-corrected chi connectivity index (χ3v) is 4.33. The number of nitrogens with zero attached hydrogens (tertiary/aromatic N) is 2. The van der Waals surface area contributed by atoms with Gasteiger partial charge in [-0.25, -0.2) is 4.39 Å². The second kappa shape index (κ2) is 5.49. The predicted octanol–water partition coefficient (Wildman–Crippen LogP) is 3.43. The first-order chi connectivity index (χ1) is 10.8. The van der Waals surface area contributed by atoms with Crippen molar-refractivity contribution in [2.45, 2.75) is 32.1 Å². The Labute approximate surface area is 135 Å². The molecule has 1 atom stereocenters. The highest BCUT2D eigenvalue weighted by Gasteiger charge is 2.24. The van der Waals surface area contributed by atoms with Crippen molar-refractivity contribution in [1.29, 1.82) is 0 Å². The first-order valence-electron chi connectivity index (χ1n) is 7.82. The van der Waals surface area contributed by atoms with Crippen LogP contribution < -0.4 is 5.73 Å². The van der Waals surface area contributed by atoms with Crippen molar-refractivity contribution < 1.29 is 4.39 Å². The topological polar surface area (TPSA) is 59.6 Å². The van der Waals surface area contributed by atoms with Gasteiger partial charge in [-0.15, -0.1) is 0 Å². The van der Waals surface area contributed by atoms with Crippen LogP contribution in [-0.4, -0.2) is 21.3 Å². The van der Waals surface area contributed by atoms with Gasteiger partial charge in [-0.1, -0.05) is 20.8 Å². The molecule has 0 spiro atoms. The monoisotopic (exact) mass is 314 g/mol. The summed E-state index contributed by atoms with van der Waals surface area (Å²) >= 11 is 0. The van der Waals surface area contributed by atoms with Crippen molar-refractivity contribution in [1.82, 2.24) is 14.8 Å². The van der Waals surface area contributed by atoms with Crippen LogP contribution in [0.15, 0.2) is 30.5 Å². The molecular weight excluding hydrogens is 291 g/mol. The molecular formula is C18H23FN4. The number of rotatable bonds is 3. The van der Waals surface area contributed by atoms with Gasteiger partial charge in [0, 0.05) is 47.7 Å². The largest absolute Gasteiger partial charge is 0.361 e. The van der Waals surface area contributed by atoms with Gasteiger partial charge in [-0.3, -0.25) is 4.68 Å². The maximum atomic E-state index is 13.6. The van der Waals surface area contributed by atoms with E-state index in [9.17, 15) is 4.39 Å². The van der Waals surface area contributed by atoms with Gasteiger partial charge in [0.05, 0.1) is 5.69 Å². The van der Waals surface area contributed by atoms with E-state index in [1.807, 2.05) is 17.9 Å². The fraction of sp³-hybridized carbons (Fsp3) is 0.389. The van der Waals surface area contributed by atoms with E-state index in [-0.39, 0.29) is 17.2 Å². The van der Waals surface area contributed by atoms with Gasteiger partial charge >= 0.3 is 0 Å². The van der Waals surface area contributed by atoms with Crippen LogP contribution in [0, 0.1) is 5.82 Å². The fourth-order valence-electron chi connectivity index (χ4n) is 2.98. The Morgan fingerprint density at radius 2 is 2.04 bits per heavy atom. The molecule has 2 heterocycles. The third-order valence-electron chi connectivity index (χ3n) is 4.33. The highest BCUT2D eigenvalue weighted by atomic mass is 19.1. The second-order valence-electron chi connectivity index (χ2n) is 7.05. The zero-order valence-electron chi connectivity index (χ0n) is 14.0. The number of H-pyrrole nitrogens is 1. The van der Waals surface area contributed by atoms with Crippen LogP contribution >= 0.6 is 0 Å².